The van der Waals surface area contributed by atoms with Crippen molar-refractivity contribution in [2.45, 2.75) is 32.2 Å². The first-order valence-electron chi connectivity index (χ1n) is 5.48. The lowest BCUT2D eigenvalue weighted by molar-refractivity contribution is -0.142. The molecule has 0 fully saturated rings. The first-order valence-corrected chi connectivity index (χ1v) is 5.48. The second-order valence-corrected chi connectivity index (χ2v) is 3.57. The van der Waals surface area contributed by atoms with Crippen molar-refractivity contribution >= 4 is 17.8 Å². The summed E-state index contributed by atoms with van der Waals surface area (Å²) in [5.74, 6) is -2.11. The smallest absolute Gasteiger partial charge is 0.326 e. The maximum absolute atomic E-state index is 11.3. The van der Waals surface area contributed by atoms with E-state index in [0.29, 0.717) is 6.54 Å². The van der Waals surface area contributed by atoms with Crippen LogP contribution in [-0.4, -0.2) is 42.0 Å². The van der Waals surface area contributed by atoms with E-state index in [1.807, 2.05) is 6.92 Å². The number of carboxylic acid groups (broad SMARTS) is 1. The molecule has 0 bridgehead atoms. The standard InChI is InChI=1S/C10H19N3O4/c1-2-12-6-5-9(15)13-7(10(16)17)3-4-8(11)14/h7,12H,2-6H2,1H3,(H2,11,14)(H,13,15)(H,16,17)/t7-/m1/s1. The summed E-state index contributed by atoms with van der Waals surface area (Å²) in [5, 5.41) is 14.1. The molecular weight excluding hydrogens is 226 g/mol. The SMILES string of the molecule is CCNCCC(=O)N[C@H](CCC(N)=O)C(=O)O. The van der Waals surface area contributed by atoms with Gasteiger partial charge in [-0.25, -0.2) is 4.79 Å². The summed E-state index contributed by atoms with van der Waals surface area (Å²) in [7, 11) is 0. The number of hydrogen-bond donors (Lipinski definition) is 4. The van der Waals surface area contributed by atoms with Crippen LogP contribution >= 0.6 is 0 Å². The lowest BCUT2D eigenvalue weighted by Crippen LogP contribution is -2.42. The Balaban J connectivity index is 4.02. The number of carbonyl (C=O) groups is 3. The number of nitrogens with one attached hydrogen (secondary N) is 2. The van der Waals surface area contributed by atoms with E-state index < -0.39 is 17.9 Å². The quantitative estimate of drug-likeness (QED) is 0.381. The van der Waals surface area contributed by atoms with Gasteiger partial charge in [-0.2, -0.15) is 0 Å². The van der Waals surface area contributed by atoms with E-state index in [-0.39, 0.29) is 25.2 Å². The summed E-state index contributed by atoms with van der Waals surface area (Å²) in [5.41, 5.74) is 4.92. The highest BCUT2D eigenvalue weighted by Gasteiger charge is 2.19. The van der Waals surface area contributed by atoms with Crippen LogP contribution in [0.25, 0.3) is 0 Å². The minimum absolute atomic E-state index is 0.0115. The number of hydrogen-bond acceptors (Lipinski definition) is 4. The monoisotopic (exact) mass is 245 g/mol. The zero-order chi connectivity index (χ0) is 13.3. The van der Waals surface area contributed by atoms with Crippen LogP contribution in [0.3, 0.4) is 0 Å². The van der Waals surface area contributed by atoms with Gasteiger partial charge in [-0.3, -0.25) is 9.59 Å². The Hall–Kier alpha value is -1.63. The Morgan fingerprint density at radius 2 is 1.94 bits per heavy atom. The van der Waals surface area contributed by atoms with Gasteiger partial charge >= 0.3 is 5.97 Å². The van der Waals surface area contributed by atoms with Gasteiger partial charge in [-0.15, -0.1) is 0 Å². The van der Waals surface area contributed by atoms with Gasteiger partial charge in [0.05, 0.1) is 0 Å². The molecule has 0 aromatic heterocycles. The molecule has 0 aromatic rings. The second kappa shape index (κ2) is 8.51. The molecule has 0 aromatic carbocycles. The largest absolute Gasteiger partial charge is 0.480 e. The highest BCUT2D eigenvalue weighted by atomic mass is 16.4. The average molecular weight is 245 g/mol. The molecule has 0 radical (unpaired) electrons. The van der Waals surface area contributed by atoms with Crippen LogP contribution in [0.5, 0.6) is 0 Å². The predicted octanol–water partition coefficient (Wildman–Crippen LogP) is -1.18. The number of nitrogens with two attached hydrogens (primary N) is 1. The molecule has 0 rings (SSSR count). The topological polar surface area (TPSA) is 122 Å². The number of carbonyl (C=O) groups excluding carboxylic acids is 2. The summed E-state index contributed by atoms with van der Waals surface area (Å²) in [6.45, 7) is 3.15. The summed E-state index contributed by atoms with van der Waals surface area (Å²) in [4.78, 5) is 32.7. The summed E-state index contributed by atoms with van der Waals surface area (Å²) >= 11 is 0. The molecule has 0 saturated carbocycles. The lowest BCUT2D eigenvalue weighted by Gasteiger charge is -2.13. The molecule has 7 nitrogen and oxygen atoms in total. The van der Waals surface area contributed by atoms with E-state index >= 15 is 0 Å². The zero-order valence-electron chi connectivity index (χ0n) is 9.86. The lowest BCUT2D eigenvalue weighted by atomic mass is 10.1. The molecule has 1 atom stereocenters. The maximum Gasteiger partial charge on any atom is 0.326 e. The highest BCUT2D eigenvalue weighted by molar-refractivity contribution is 5.84. The fraction of sp³-hybridized carbons (Fsp3) is 0.700. The van der Waals surface area contributed by atoms with Gasteiger partial charge in [-0.1, -0.05) is 6.92 Å². The van der Waals surface area contributed by atoms with E-state index in [9.17, 15) is 14.4 Å². The van der Waals surface area contributed by atoms with Gasteiger partial charge in [0.1, 0.15) is 6.04 Å². The van der Waals surface area contributed by atoms with Gasteiger partial charge in [0.25, 0.3) is 0 Å². The minimum Gasteiger partial charge on any atom is -0.480 e. The first kappa shape index (κ1) is 15.4. The third-order valence-corrected chi connectivity index (χ3v) is 2.09. The molecule has 0 heterocycles. The molecule has 98 valence electrons. The van der Waals surface area contributed by atoms with Crippen molar-refractivity contribution < 1.29 is 19.5 Å². The van der Waals surface area contributed by atoms with Crippen LogP contribution in [0, 0.1) is 0 Å². The van der Waals surface area contributed by atoms with Crippen LogP contribution in [0.4, 0.5) is 0 Å². The van der Waals surface area contributed by atoms with Gasteiger partial charge in [-0.05, 0) is 13.0 Å². The van der Waals surface area contributed by atoms with E-state index in [1.54, 1.807) is 0 Å². The number of carboxylic acids is 1. The Morgan fingerprint density at radius 3 is 2.41 bits per heavy atom. The van der Waals surface area contributed by atoms with Crippen LogP contribution in [0.1, 0.15) is 26.2 Å². The average Bonchev–Trinajstić information content (AvgIpc) is 2.23. The number of rotatable bonds is 9. The van der Waals surface area contributed by atoms with Crippen molar-refractivity contribution in [1.29, 1.82) is 0 Å². The van der Waals surface area contributed by atoms with Crippen molar-refractivity contribution in [3.05, 3.63) is 0 Å². The minimum atomic E-state index is -1.16. The molecular formula is C10H19N3O4. The molecule has 0 unspecified atom stereocenters. The van der Waals surface area contributed by atoms with Crippen molar-refractivity contribution in [1.82, 2.24) is 10.6 Å². The van der Waals surface area contributed by atoms with Gasteiger partial charge in [0, 0.05) is 19.4 Å². The molecule has 0 saturated heterocycles. The molecule has 5 N–H and O–H groups in total. The zero-order valence-corrected chi connectivity index (χ0v) is 9.86. The van der Waals surface area contributed by atoms with Crippen LogP contribution < -0.4 is 16.4 Å². The molecule has 17 heavy (non-hydrogen) atoms. The van der Waals surface area contributed by atoms with Crippen LogP contribution in [-0.2, 0) is 14.4 Å². The Bertz CT molecular complexity index is 281. The van der Waals surface area contributed by atoms with E-state index in [4.69, 9.17) is 10.8 Å². The second-order valence-electron chi connectivity index (χ2n) is 3.57. The van der Waals surface area contributed by atoms with E-state index in [1.165, 1.54) is 0 Å². The molecule has 2 amide bonds. The fourth-order valence-corrected chi connectivity index (χ4v) is 1.19. The van der Waals surface area contributed by atoms with Gasteiger partial charge < -0.3 is 21.5 Å². The van der Waals surface area contributed by atoms with E-state index in [2.05, 4.69) is 10.6 Å². The van der Waals surface area contributed by atoms with Crippen molar-refractivity contribution in [3.8, 4) is 0 Å². The highest BCUT2D eigenvalue weighted by Crippen LogP contribution is 1.98. The molecule has 0 aliphatic rings. The molecule has 0 spiro atoms. The number of primary amides is 1. The third kappa shape index (κ3) is 8.21. The van der Waals surface area contributed by atoms with Crippen molar-refractivity contribution in [2.75, 3.05) is 13.1 Å². The summed E-state index contributed by atoms with van der Waals surface area (Å²) in [6, 6.07) is -1.06. The normalized spacial score (nSPS) is 11.8. The maximum atomic E-state index is 11.3. The van der Waals surface area contributed by atoms with Crippen LogP contribution in [0.15, 0.2) is 0 Å². The first-order chi connectivity index (χ1) is 7.97. The summed E-state index contributed by atoms with van der Waals surface area (Å²) < 4.78 is 0. The fourth-order valence-electron chi connectivity index (χ4n) is 1.19. The summed E-state index contributed by atoms with van der Waals surface area (Å²) in [6.07, 6.45) is 0.149. The Kier molecular flexibility index (Phi) is 7.70. The van der Waals surface area contributed by atoms with Crippen molar-refractivity contribution in [2.24, 2.45) is 5.73 Å². The Morgan fingerprint density at radius 1 is 1.29 bits per heavy atom. The van der Waals surface area contributed by atoms with Gasteiger partial charge in [0.15, 0.2) is 0 Å². The van der Waals surface area contributed by atoms with Crippen molar-refractivity contribution in [3.63, 3.8) is 0 Å². The number of amides is 2. The molecule has 0 aliphatic carbocycles. The molecule has 0 aliphatic heterocycles. The van der Waals surface area contributed by atoms with E-state index in [0.717, 1.165) is 6.54 Å². The van der Waals surface area contributed by atoms with Crippen LogP contribution in [0.2, 0.25) is 0 Å². The predicted molar refractivity (Wildman–Crippen MR) is 61.2 cm³/mol. The molecule has 7 heteroatoms. The third-order valence-electron chi connectivity index (χ3n) is 2.09. The van der Waals surface area contributed by atoms with Gasteiger partial charge in [0.2, 0.25) is 11.8 Å². The number of aliphatic carboxylic acids is 1. The Labute approximate surface area is 99.7 Å².